The van der Waals surface area contributed by atoms with Crippen molar-refractivity contribution in [3.63, 3.8) is 0 Å². The number of nitrogens with zero attached hydrogens (tertiary/aromatic N) is 1. The molecule has 1 saturated heterocycles. The van der Waals surface area contributed by atoms with Crippen LogP contribution in [0.3, 0.4) is 0 Å². The number of benzene rings is 2. The van der Waals surface area contributed by atoms with Gasteiger partial charge in [-0.15, -0.1) is 0 Å². The van der Waals surface area contributed by atoms with Crippen LogP contribution >= 0.6 is 0 Å². The quantitative estimate of drug-likeness (QED) is 0.702. The number of hydrogen-bond acceptors (Lipinski definition) is 5. The average molecular weight is 425 g/mol. The topological polar surface area (TPSA) is 75.5 Å². The lowest BCUT2D eigenvalue weighted by Crippen LogP contribution is -3.15. The van der Waals surface area contributed by atoms with E-state index in [2.05, 4.69) is 10.2 Å². The summed E-state index contributed by atoms with van der Waals surface area (Å²) in [6, 6.07) is 13.0. The number of piperazine rings is 1. The molecule has 1 spiro atoms. The summed E-state index contributed by atoms with van der Waals surface area (Å²) in [6.45, 7) is 4.02. The van der Waals surface area contributed by atoms with Gasteiger partial charge in [0.25, 0.3) is 11.7 Å². The summed E-state index contributed by atoms with van der Waals surface area (Å²) >= 11 is 0. The molecule has 1 aliphatic carbocycles. The van der Waals surface area contributed by atoms with E-state index in [1.54, 1.807) is 12.1 Å². The summed E-state index contributed by atoms with van der Waals surface area (Å²) in [5.41, 5.74) is 1.86. The number of nitrogens with one attached hydrogen (secondary N) is 2. The van der Waals surface area contributed by atoms with Gasteiger partial charge in [-0.05, 0) is 49.2 Å². The fourth-order valence-corrected chi connectivity index (χ4v) is 4.82. The van der Waals surface area contributed by atoms with Gasteiger partial charge in [0.15, 0.2) is 18.0 Å². The first-order valence-corrected chi connectivity index (χ1v) is 11.3. The van der Waals surface area contributed by atoms with E-state index in [1.807, 2.05) is 30.3 Å². The number of rotatable bonds is 4. The molecule has 0 aromatic heterocycles. The molecular weight excluding hydrogens is 394 g/mol. The fraction of sp³-hybridized carbons (Fsp3) is 0.458. The fourth-order valence-electron chi connectivity index (χ4n) is 4.82. The van der Waals surface area contributed by atoms with Gasteiger partial charge in [0.1, 0.15) is 5.75 Å². The van der Waals surface area contributed by atoms with Gasteiger partial charge in [-0.25, -0.2) is 0 Å². The number of ether oxygens (including phenoxy) is 2. The van der Waals surface area contributed by atoms with E-state index >= 15 is 0 Å². The summed E-state index contributed by atoms with van der Waals surface area (Å²) in [6.07, 6.45) is 5.32. The van der Waals surface area contributed by atoms with Crippen LogP contribution in [0.25, 0.3) is 0 Å². The molecule has 2 heterocycles. The molecule has 7 nitrogen and oxygen atoms in total. The zero-order valence-electron chi connectivity index (χ0n) is 17.7. The third kappa shape index (κ3) is 4.42. The second-order valence-electron chi connectivity index (χ2n) is 8.82. The van der Waals surface area contributed by atoms with Crippen LogP contribution in [0.1, 0.15) is 32.1 Å². The number of carbonyl (C=O) groups is 1. The summed E-state index contributed by atoms with van der Waals surface area (Å²) < 4.78 is 12.3. The summed E-state index contributed by atoms with van der Waals surface area (Å²) in [5, 5.41) is 12.5. The monoisotopic (exact) mass is 424 g/mol. The Hall–Kier alpha value is -2.93. The van der Waals surface area contributed by atoms with E-state index in [1.165, 1.54) is 11.3 Å². The lowest BCUT2D eigenvalue weighted by Gasteiger charge is -2.33. The second kappa shape index (κ2) is 8.30. The minimum Gasteiger partial charge on any atom is -0.508 e. The van der Waals surface area contributed by atoms with Crippen LogP contribution in [0.4, 0.5) is 11.4 Å². The van der Waals surface area contributed by atoms with Gasteiger partial charge in [-0.2, -0.15) is 0 Å². The molecule has 3 N–H and O–H groups in total. The summed E-state index contributed by atoms with van der Waals surface area (Å²) in [7, 11) is 0. The average Bonchev–Trinajstić information content (AvgIpc) is 3.12. The van der Waals surface area contributed by atoms with E-state index in [-0.39, 0.29) is 11.7 Å². The van der Waals surface area contributed by atoms with Crippen molar-refractivity contribution in [2.75, 3.05) is 42.9 Å². The minimum atomic E-state index is -0.495. The number of fused-ring (bicyclic) bond motifs is 1. The van der Waals surface area contributed by atoms with Gasteiger partial charge in [0.2, 0.25) is 0 Å². The van der Waals surface area contributed by atoms with E-state index in [0.29, 0.717) is 6.54 Å². The Bertz CT molecular complexity index is 932. The molecule has 3 aliphatic rings. The van der Waals surface area contributed by atoms with Crippen LogP contribution in [-0.2, 0) is 4.79 Å². The molecule has 31 heavy (non-hydrogen) atoms. The van der Waals surface area contributed by atoms with Gasteiger partial charge in [-0.3, -0.25) is 4.79 Å². The first-order chi connectivity index (χ1) is 15.1. The van der Waals surface area contributed by atoms with Crippen molar-refractivity contribution in [2.45, 2.75) is 37.9 Å². The Balaban J connectivity index is 1.13. The highest BCUT2D eigenvalue weighted by Crippen LogP contribution is 2.46. The normalized spacial score (nSPS) is 20.1. The van der Waals surface area contributed by atoms with Crippen LogP contribution in [0.15, 0.2) is 42.5 Å². The molecule has 2 aliphatic heterocycles. The molecular formula is C24H30N3O4+. The van der Waals surface area contributed by atoms with E-state index in [9.17, 15) is 9.90 Å². The highest BCUT2D eigenvalue weighted by atomic mass is 16.7. The summed E-state index contributed by atoms with van der Waals surface area (Å²) in [4.78, 5) is 16.2. The van der Waals surface area contributed by atoms with Crippen molar-refractivity contribution >= 4 is 17.3 Å². The Morgan fingerprint density at radius 2 is 1.71 bits per heavy atom. The van der Waals surface area contributed by atoms with E-state index in [4.69, 9.17) is 9.47 Å². The highest BCUT2D eigenvalue weighted by molar-refractivity contribution is 5.91. The maximum Gasteiger partial charge on any atom is 0.279 e. The number of amides is 1. The Morgan fingerprint density at radius 1 is 1.00 bits per heavy atom. The van der Waals surface area contributed by atoms with Crippen molar-refractivity contribution in [2.24, 2.45) is 0 Å². The Labute approximate surface area is 182 Å². The van der Waals surface area contributed by atoms with Crippen LogP contribution in [0.5, 0.6) is 17.2 Å². The van der Waals surface area contributed by atoms with Crippen molar-refractivity contribution in [1.29, 1.82) is 0 Å². The van der Waals surface area contributed by atoms with Gasteiger partial charge in [-0.1, -0.05) is 6.42 Å². The standard InChI is InChI=1S/C24H29N3O4/c28-20-7-5-19(6-8-20)27-14-12-26(13-15-27)17-23(29)25-18-4-9-21-22(16-18)31-24(30-21)10-2-1-3-11-24/h4-9,16,28H,1-3,10-15,17H2,(H,25,29)/p+1. The predicted octanol–water partition coefficient (Wildman–Crippen LogP) is 2.17. The van der Waals surface area contributed by atoms with Crippen LogP contribution in [0.2, 0.25) is 0 Å². The zero-order valence-corrected chi connectivity index (χ0v) is 17.7. The number of hydrogen-bond donors (Lipinski definition) is 3. The van der Waals surface area contributed by atoms with Crippen LogP contribution < -0.4 is 24.6 Å². The molecule has 2 aromatic rings. The SMILES string of the molecule is O=C(C[NH+]1CCN(c2ccc(O)cc2)CC1)Nc1ccc2c(c1)OC1(CCCCC1)O2. The molecule has 164 valence electrons. The molecule has 0 bridgehead atoms. The molecule has 1 amide bonds. The molecule has 0 atom stereocenters. The maximum atomic E-state index is 12.6. The second-order valence-corrected chi connectivity index (χ2v) is 8.82. The summed E-state index contributed by atoms with van der Waals surface area (Å²) in [5.74, 6) is 1.30. The Kier molecular flexibility index (Phi) is 5.36. The van der Waals surface area contributed by atoms with Crippen LogP contribution in [-0.4, -0.2) is 49.5 Å². The number of anilines is 2. The Morgan fingerprint density at radius 3 is 2.45 bits per heavy atom. The van der Waals surface area contributed by atoms with Gasteiger partial charge in [0, 0.05) is 30.3 Å². The number of carbonyl (C=O) groups excluding carboxylic acids is 1. The molecule has 5 rings (SSSR count). The van der Waals surface area contributed by atoms with E-state index < -0.39 is 5.79 Å². The third-order valence-electron chi connectivity index (χ3n) is 6.53. The van der Waals surface area contributed by atoms with Gasteiger partial charge >= 0.3 is 0 Å². The van der Waals surface area contributed by atoms with Gasteiger partial charge in [0.05, 0.1) is 26.2 Å². The molecule has 0 unspecified atom stereocenters. The smallest absolute Gasteiger partial charge is 0.279 e. The van der Waals surface area contributed by atoms with Crippen molar-refractivity contribution in [1.82, 2.24) is 0 Å². The largest absolute Gasteiger partial charge is 0.508 e. The van der Waals surface area contributed by atoms with Gasteiger partial charge < -0.3 is 29.7 Å². The highest BCUT2D eigenvalue weighted by Gasteiger charge is 2.42. The first-order valence-electron chi connectivity index (χ1n) is 11.3. The zero-order chi connectivity index (χ0) is 21.3. The number of phenols is 1. The predicted molar refractivity (Wildman–Crippen MR) is 118 cm³/mol. The first kappa shape index (κ1) is 20.0. The van der Waals surface area contributed by atoms with Crippen molar-refractivity contribution < 1.29 is 24.3 Å². The third-order valence-corrected chi connectivity index (χ3v) is 6.53. The molecule has 0 radical (unpaired) electrons. The van der Waals surface area contributed by atoms with Crippen molar-refractivity contribution in [3.05, 3.63) is 42.5 Å². The van der Waals surface area contributed by atoms with Crippen LogP contribution in [0, 0.1) is 0 Å². The van der Waals surface area contributed by atoms with E-state index in [0.717, 1.165) is 74.7 Å². The molecule has 1 saturated carbocycles. The number of phenolic OH excluding ortho intramolecular Hbond substituents is 1. The molecule has 2 aromatic carbocycles. The minimum absolute atomic E-state index is 0.0133. The molecule has 2 fully saturated rings. The molecule has 7 heteroatoms. The lowest BCUT2D eigenvalue weighted by molar-refractivity contribution is -0.892. The number of quaternary nitrogens is 1. The van der Waals surface area contributed by atoms with Crippen molar-refractivity contribution in [3.8, 4) is 17.2 Å². The maximum absolute atomic E-state index is 12.6. The number of aromatic hydroxyl groups is 1. The lowest BCUT2D eigenvalue weighted by atomic mass is 9.94.